The van der Waals surface area contributed by atoms with Crippen LogP contribution in [0.4, 0.5) is 0 Å². The van der Waals surface area contributed by atoms with E-state index in [9.17, 15) is 43.5 Å². The van der Waals surface area contributed by atoms with E-state index in [1.54, 1.807) is 0 Å². The average molecular weight is 1700 g/mol. The van der Waals surface area contributed by atoms with Gasteiger partial charge in [-0.2, -0.15) is 0 Å². The molecule has 4 N–H and O–H groups in total. The number of phosphoric ester groups is 2. The van der Waals surface area contributed by atoms with Crippen molar-refractivity contribution in [3.8, 4) is 0 Å². The zero-order chi connectivity index (χ0) is 86.5. The third-order valence-electron chi connectivity index (χ3n) is 19.6. The summed E-state index contributed by atoms with van der Waals surface area (Å²) < 4.78 is 61.5. The number of carbonyl (C=O) groups excluding carboxylic acids is 3. The van der Waals surface area contributed by atoms with Crippen molar-refractivity contribution >= 4 is 33.6 Å². The number of unbranched alkanes of at least 4 members (excludes halogenated alkanes) is 35. The molecule has 0 radical (unpaired) electrons. The lowest BCUT2D eigenvalue weighted by atomic mass is 10.0. The molecule has 0 spiro atoms. The van der Waals surface area contributed by atoms with Crippen molar-refractivity contribution < 1.29 is 75.8 Å². The van der Waals surface area contributed by atoms with E-state index >= 15 is 0 Å². The fourth-order valence-corrected chi connectivity index (χ4v) is 14.2. The molecule has 16 nitrogen and oxygen atoms in total. The number of aliphatic hydroxyl groups excluding tert-OH is 2. The fourth-order valence-electron chi connectivity index (χ4n) is 12.6. The Morgan fingerprint density at radius 3 is 0.664 bits per heavy atom. The molecule has 0 fully saturated rings. The normalized spacial score (nSPS) is 14.6. The first-order chi connectivity index (χ1) is 58.2. The van der Waals surface area contributed by atoms with Crippen molar-refractivity contribution in [1.82, 2.24) is 0 Å². The molecule has 5 atom stereocenters. The van der Waals surface area contributed by atoms with E-state index in [0.717, 1.165) is 186 Å². The minimum atomic E-state index is -4.95. The number of allylic oxidation sites excluding steroid dienone is 30. The molecule has 0 bridgehead atoms. The number of phosphoric acid groups is 2. The van der Waals surface area contributed by atoms with Gasteiger partial charge in [-0.15, -0.1) is 0 Å². The van der Waals surface area contributed by atoms with Gasteiger partial charge in [-0.1, -0.05) is 389 Å². The molecule has 5 unspecified atom stereocenters. The van der Waals surface area contributed by atoms with Crippen LogP contribution >= 0.6 is 15.6 Å². The Labute approximate surface area is 725 Å². The minimum absolute atomic E-state index is 0.0837. The van der Waals surface area contributed by atoms with Crippen molar-refractivity contribution in [3.05, 3.63) is 182 Å². The maximum Gasteiger partial charge on any atom is 0.472 e. The molecule has 0 amide bonds. The van der Waals surface area contributed by atoms with Gasteiger partial charge in [0.2, 0.25) is 0 Å². The quantitative estimate of drug-likeness (QED) is 0.0146. The van der Waals surface area contributed by atoms with E-state index in [-0.39, 0.29) is 19.3 Å². The van der Waals surface area contributed by atoms with E-state index in [4.69, 9.17) is 32.3 Å². The first-order valence-electron chi connectivity index (χ1n) is 47.1. The van der Waals surface area contributed by atoms with Crippen LogP contribution in [0.25, 0.3) is 0 Å². The summed E-state index contributed by atoms with van der Waals surface area (Å²) >= 11 is 0. The third-order valence-corrected chi connectivity index (χ3v) is 21.5. The zero-order valence-electron chi connectivity index (χ0n) is 75.0. The predicted molar refractivity (Wildman–Crippen MR) is 500 cm³/mol. The van der Waals surface area contributed by atoms with Crippen LogP contribution in [-0.2, 0) is 55.8 Å². The van der Waals surface area contributed by atoms with Gasteiger partial charge >= 0.3 is 33.6 Å². The zero-order valence-corrected chi connectivity index (χ0v) is 76.8. The van der Waals surface area contributed by atoms with E-state index in [1.807, 2.05) is 0 Å². The third kappa shape index (κ3) is 93.2. The number of ether oxygens (including phenoxy) is 3. The van der Waals surface area contributed by atoms with Crippen molar-refractivity contribution in [2.45, 2.75) is 399 Å². The van der Waals surface area contributed by atoms with Gasteiger partial charge in [-0.3, -0.25) is 32.5 Å². The van der Waals surface area contributed by atoms with Gasteiger partial charge in [-0.25, -0.2) is 9.13 Å². The Bertz CT molecular complexity index is 2890. The second-order valence-electron chi connectivity index (χ2n) is 31.0. The largest absolute Gasteiger partial charge is 0.472 e. The summed E-state index contributed by atoms with van der Waals surface area (Å²) in [6.07, 6.45) is 121. The molecule has 0 aromatic carbocycles. The van der Waals surface area contributed by atoms with E-state index < -0.39 is 91.5 Å². The van der Waals surface area contributed by atoms with Crippen molar-refractivity contribution in [3.63, 3.8) is 0 Å². The van der Waals surface area contributed by atoms with Crippen LogP contribution in [0.3, 0.4) is 0 Å². The molecule has 0 rings (SSSR count). The van der Waals surface area contributed by atoms with Gasteiger partial charge in [0.05, 0.1) is 26.4 Å². The topological polar surface area (TPSA) is 231 Å². The van der Waals surface area contributed by atoms with E-state index in [1.165, 1.54) is 135 Å². The highest BCUT2D eigenvalue weighted by atomic mass is 31.2. The summed E-state index contributed by atoms with van der Waals surface area (Å²) in [6, 6.07) is 0. The van der Waals surface area contributed by atoms with E-state index in [2.05, 4.69) is 203 Å². The van der Waals surface area contributed by atoms with Gasteiger partial charge in [0.25, 0.3) is 0 Å². The lowest BCUT2D eigenvalue weighted by Crippen LogP contribution is -2.30. The Morgan fingerprint density at radius 1 is 0.235 bits per heavy atom. The number of carbonyl (C=O) groups is 3. The SMILES string of the molecule is CC/C=C\C/C=C\C/C=C\C/C=C\C/C=C\C/C=C\CCCCCCCCCCCCCCC(=O)OCC(COP(=O)(O)OCC(O)COP(=O)(O)OCC(O)COC(=O)CCCCCCCCCCCCCCCCCCC/C=C\C/C=C\C/C=C\C/C=C\C/C=C\CC)OC(=O)CCCCCCCC/C=C\C/C=C\C/C=C\C/C=C\CC. The number of aliphatic hydroxyl groups is 2. The van der Waals surface area contributed by atoms with Crippen LogP contribution in [0.1, 0.15) is 380 Å². The molecule has 0 saturated heterocycles. The van der Waals surface area contributed by atoms with Crippen LogP contribution in [0, 0.1) is 0 Å². The van der Waals surface area contributed by atoms with Crippen LogP contribution in [0.15, 0.2) is 182 Å². The maximum atomic E-state index is 13.1. The summed E-state index contributed by atoms with van der Waals surface area (Å²) in [5.41, 5.74) is 0. The Morgan fingerprint density at radius 2 is 0.420 bits per heavy atom. The lowest BCUT2D eigenvalue weighted by molar-refractivity contribution is -0.161. The maximum absolute atomic E-state index is 13.1. The monoisotopic (exact) mass is 1700 g/mol. The number of hydrogen-bond acceptors (Lipinski definition) is 14. The second-order valence-corrected chi connectivity index (χ2v) is 33.9. The molecule has 0 heterocycles. The van der Waals surface area contributed by atoms with Gasteiger partial charge in [0.15, 0.2) is 6.10 Å². The molecule has 0 aromatic heterocycles. The molecule has 119 heavy (non-hydrogen) atoms. The van der Waals surface area contributed by atoms with Gasteiger partial charge in [0, 0.05) is 19.3 Å². The highest BCUT2D eigenvalue weighted by Gasteiger charge is 2.29. The molecule has 0 aliphatic rings. The highest BCUT2D eigenvalue weighted by molar-refractivity contribution is 7.47. The summed E-state index contributed by atoms with van der Waals surface area (Å²) in [5, 5.41) is 20.7. The standard InChI is InChI=1S/C101H170O16P2/c1-4-7-10-13-16-19-22-25-28-31-34-36-38-40-42-44-46-47-49-51-52-54-56-58-61-63-66-69-72-75-78-81-84-87-99(104)111-90-96(102)91-113-118(107,108)114-92-97(103)93-115-119(109,110)116-95-98(117-101(106)89-86-83-80-77-74-71-68-65-60-33-30-27-24-21-18-15-12-9-6-3)94-112-100(105)88-85-82-79-76-73-70-67-64-62-59-57-55-53-50-48-45-43-41-39-37-35-32-29-26-23-20-17-14-11-8-5-2/h7-12,16-21,25-30,34-37,40-43,48,50,60,65,96-98,102-103H,4-6,13-15,22-24,31-33,38-39,44-47,49,51-59,61-64,66-95H2,1-3H3,(H,107,108)(H,109,110)/b10-7-,11-8-,12-9-,19-16-,20-17-,21-18-,28-25-,29-26-,30-27-,36-34-,37-35-,42-40-,43-41-,50-48-,65-60-. The average Bonchev–Trinajstić information content (AvgIpc) is 0.903. The van der Waals surface area contributed by atoms with Crippen LogP contribution < -0.4 is 0 Å². The molecule has 0 aliphatic carbocycles. The lowest BCUT2D eigenvalue weighted by Gasteiger charge is -2.21. The molecule has 18 heteroatoms. The predicted octanol–water partition coefficient (Wildman–Crippen LogP) is 29.2. The summed E-state index contributed by atoms with van der Waals surface area (Å²) in [5.74, 6) is -1.59. The number of rotatable bonds is 88. The molecule has 680 valence electrons. The van der Waals surface area contributed by atoms with Gasteiger partial charge in [-0.05, 0) is 154 Å². The Kier molecular flexibility index (Phi) is 87.7. The van der Waals surface area contributed by atoms with Crippen LogP contribution in [0.5, 0.6) is 0 Å². The van der Waals surface area contributed by atoms with Crippen LogP contribution in [0.2, 0.25) is 0 Å². The fraction of sp³-hybridized carbons (Fsp3) is 0.673. The second kappa shape index (κ2) is 91.8. The minimum Gasteiger partial charge on any atom is -0.463 e. The molecular weight excluding hydrogens is 1530 g/mol. The Balaban J connectivity index is 4.54. The molecule has 0 saturated carbocycles. The number of esters is 3. The summed E-state index contributed by atoms with van der Waals surface area (Å²) in [6.45, 7) is 2.36. The summed E-state index contributed by atoms with van der Waals surface area (Å²) in [4.78, 5) is 59.0. The summed E-state index contributed by atoms with van der Waals surface area (Å²) in [7, 11) is -9.82. The van der Waals surface area contributed by atoms with Crippen molar-refractivity contribution in [1.29, 1.82) is 0 Å². The Hall–Kier alpha value is -5.35. The van der Waals surface area contributed by atoms with Crippen LogP contribution in [-0.4, -0.2) is 95.9 Å². The molecule has 0 aliphatic heterocycles. The first kappa shape index (κ1) is 114. The van der Waals surface area contributed by atoms with Gasteiger partial charge < -0.3 is 34.2 Å². The van der Waals surface area contributed by atoms with Crippen molar-refractivity contribution in [2.24, 2.45) is 0 Å². The number of hydrogen-bond donors (Lipinski definition) is 4. The van der Waals surface area contributed by atoms with Gasteiger partial charge in [0.1, 0.15) is 25.4 Å². The molecular formula is C101H170O16P2. The smallest absolute Gasteiger partial charge is 0.463 e. The highest BCUT2D eigenvalue weighted by Crippen LogP contribution is 2.45. The van der Waals surface area contributed by atoms with E-state index in [0.29, 0.717) is 19.3 Å². The first-order valence-corrected chi connectivity index (χ1v) is 50.1. The van der Waals surface area contributed by atoms with Crippen molar-refractivity contribution in [2.75, 3.05) is 39.6 Å². The molecule has 0 aromatic rings.